The van der Waals surface area contributed by atoms with Crippen LogP contribution in [0.25, 0.3) is 21.3 Å². The number of hydrogen-bond acceptors (Lipinski definition) is 6. The van der Waals surface area contributed by atoms with Gasteiger partial charge < -0.3 is 15.0 Å². The zero-order chi connectivity index (χ0) is 20.6. The van der Waals surface area contributed by atoms with E-state index in [1.807, 2.05) is 6.07 Å². The lowest BCUT2D eigenvalue weighted by molar-refractivity contribution is 0.0545. The Morgan fingerprint density at radius 2 is 1.77 bits per heavy atom. The van der Waals surface area contributed by atoms with E-state index in [0.29, 0.717) is 6.04 Å². The zero-order valence-electron chi connectivity index (χ0n) is 17.9. The van der Waals surface area contributed by atoms with Crippen LogP contribution in [0.3, 0.4) is 0 Å². The third-order valence-electron chi connectivity index (χ3n) is 7.46. The van der Waals surface area contributed by atoms with Crippen LogP contribution in [0.5, 0.6) is 0 Å². The second-order valence-corrected chi connectivity index (χ2v) is 10.4. The topological polar surface area (TPSA) is 50.3 Å². The van der Waals surface area contributed by atoms with Gasteiger partial charge in [-0.15, -0.1) is 21.5 Å². The van der Waals surface area contributed by atoms with Crippen LogP contribution in [-0.2, 0) is 4.74 Å². The number of aromatic nitrogens is 2. The van der Waals surface area contributed by atoms with E-state index in [1.165, 1.54) is 55.4 Å². The van der Waals surface area contributed by atoms with E-state index in [4.69, 9.17) is 4.74 Å². The van der Waals surface area contributed by atoms with E-state index in [2.05, 4.69) is 56.1 Å². The van der Waals surface area contributed by atoms with Crippen LogP contribution >= 0.6 is 11.3 Å². The van der Waals surface area contributed by atoms with Crippen molar-refractivity contribution >= 4 is 27.2 Å². The van der Waals surface area contributed by atoms with Crippen LogP contribution in [0.1, 0.15) is 25.7 Å². The van der Waals surface area contributed by atoms with Gasteiger partial charge in [-0.1, -0.05) is 30.3 Å². The Morgan fingerprint density at radius 3 is 2.55 bits per heavy atom. The highest BCUT2D eigenvalue weighted by Gasteiger charge is 2.41. The summed E-state index contributed by atoms with van der Waals surface area (Å²) in [6.45, 7) is 5.73. The van der Waals surface area contributed by atoms with Crippen LogP contribution in [0.2, 0.25) is 0 Å². The molecule has 3 atom stereocenters. The molecule has 0 radical (unpaired) electrons. The Balaban J connectivity index is 1.12. The molecular formula is C25H30N4OS. The van der Waals surface area contributed by atoms with Crippen LogP contribution in [-0.4, -0.2) is 54.0 Å². The molecule has 2 aromatic heterocycles. The number of benzene rings is 1. The molecule has 1 aromatic carbocycles. The Kier molecular flexibility index (Phi) is 5.38. The monoisotopic (exact) mass is 434 g/mol. The molecule has 6 rings (SSSR count). The van der Waals surface area contributed by atoms with Crippen molar-refractivity contribution in [3.05, 3.63) is 41.8 Å². The minimum atomic E-state index is 0.514. The summed E-state index contributed by atoms with van der Waals surface area (Å²) in [6, 6.07) is 13.1. The molecule has 5 nitrogen and oxygen atoms in total. The number of rotatable bonds is 5. The molecule has 2 saturated heterocycles. The second kappa shape index (κ2) is 8.49. The van der Waals surface area contributed by atoms with Gasteiger partial charge in [-0.25, -0.2) is 0 Å². The number of likely N-dealkylation sites (tertiary alicyclic amines) is 1. The molecule has 0 amide bonds. The summed E-state index contributed by atoms with van der Waals surface area (Å²) in [6.07, 6.45) is 4.99. The molecule has 1 saturated carbocycles. The van der Waals surface area contributed by atoms with Gasteiger partial charge in [0.15, 0.2) is 5.82 Å². The number of ether oxygens (including phenoxy) is 1. The SMILES string of the molecule is c1ccc(-c2nnc(NC3CC4CN(CC5CCOCC5)C[C@H]4C3)c3ccsc23)cc1. The van der Waals surface area contributed by atoms with E-state index in [-0.39, 0.29) is 0 Å². The number of thiophene rings is 1. The second-order valence-electron chi connectivity index (χ2n) is 9.53. The van der Waals surface area contributed by atoms with E-state index in [0.717, 1.165) is 48.0 Å². The first-order valence-corrected chi connectivity index (χ1v) is 12.6. The lowest BCUT2D eigenvalue weighted by atomic mass is 10.00. The van der Waals surface area contributed by atoms with Gasteiger partial charge in [0.1, 0.15) is 5.69 Å². The fourth-order valence-corrected chi connectivity index (χ4v) is 6.82. The first kappa shape index (κ1) is 19.6. The van der Waals surface area contributed by atoms with Crippen LogP contribution < -0.4 is 5.32 Å². The van der Waals surface area contributed by atoms with Crippen molar-refractivity contribution in [2.75, 3.05) is 38.2 Å². The minimum absolute atomic E-state index is 0.514. The number of nitrogens with zero attached hydrogens (tertiary/aromatic N) is 3. The molecule has 162 valence electrons. The summed E-state index contributed by atoms with van der Waals surface area (Å²) in [4.78, 5) is 2.73. The van der Waals surface area contributed by atoms with Crippen molar-refractivity contribution in [3.8, 4) is 11.3 Å². The van der Waals surface area contributed by atoms with Crippen molar-refractivity contribution in [3.63, 3.8) is 0 Å². The summed E-state index contributed by atoms with van der Waals surface area (Å²) < 4.78 is 6.76. The Hall–Kier alpha value is -2.02. The van der Waals surface area contributed by atoms with Crippen molar-refractivity contribution in [2.45, 2.75) is 31.7 Å². The standard InChI is InChI=1S/C25H30N4OS/c1-2-4-18(5-3-1)23-24-22(8-11-31-24)25(28-27-23)26-21-12-19-15-29(16-20(19)13-21)14-17-6-9-30-10-7-17/h1-5,8,11,17,19-21H,6-7,9-10,12-16H2,(H,26,28)/t19-,20?,21?/m1/s1. The van der Waals surface area contributed by atoms with Crippen LogP contribution in [0.4, 0.5) is 5.82 Å². The molecule has 0 spiro atoms. The summed E-state index contributed by atoms with van der Waals surface area (Å²) in [5.41, 5.74) is 2.12. The molecule has 3 aromatic rings. The molecule has 2 unspecified atom stereocenters. The van der Waals surface area contributed by atoms with E-state index < -0.39 is 0 Å². The highest BCUT2D eigenvalue weighted by Crippen LogP contribution is 2.41. The maximum Gasteiger partial charge on any atom is 0.157 e. The average Bonchev–Trinajstić information content (AvgIpc) is 3.51. The molecule has 2 aliphatic heterocycles. The third kappa shape index (κ3) is 3.97. The van der Waals surface area contributed by atoms with Crippen molar-refractivity contribution in [2.24, 2.45) is 17.8 Å². The third-order valence-corrected chi connectivity index (χ3v) is 8.38. The number of fused-ring (bicyclic) bond motifs is 2. The fourth-order valence-electron chi connectivity index (χ4n) is 5.92. The van der Waals surface area contributed by atoms with Gasteiger partial charge in [0.05, 0.1) is 4.70 Å². The lowest BCUT2D eigenvalue weighted by Crippen LogP contribution is -2.32. The maximum absolute atomic E-state index is 5.53. The first-order chi connectivity index (χ1) is 15.3. The zero-order valence-corrected chi connectivity index (χ0v) is 18.7. The molecule has 3 aliphatic rings. The van der Waals surface area contributed by atoms with E-state index >= 15 is 0 Å². The van der Waals surface area contributed by atoms with Gasteiger partial charge in [0, 0.05) is 49.8 Å². The molecule has 0 bridgehead atoms. The van der Waals surface area contributed by atoms with Gasteiger partial charge in [0.25, 0.3) is 0 Å². The summed E-state index contributed by atoms with van der Waals surface area (Å²) >= 11 is 1.76. The molecule has 3 fully saturated rings. The molecule has 1 N–H and O–H groups in total. The predicted octanol–water partition coefficient (Wildman–Crippen LogP) is 4.91. The predicted molar refractivity (Wildman–Crippen MR) is 126 cm³/mol. The minimum Gasteiger partial charge on any atom is -0.381 e. The van der Waals surface area contributed by atoms with Crippen molar-refractivity contribution in [1.82, 2.24) is 15.1 Å². The highest BCUT2D eigenvalue weighted by atomic mass is 32.1. The molecule has 1 aliphatic carbocycles. The van der Waals surface area contributed by atoms with Crippen molar-refractivity contribution in [1.29, 1.82) is 0 Å². The molecule has 6 heteroatoms. The summed E-state index contributed by atoms with van der Waals surface area (Å²) in [5, 5.41) is 16.4. The maximum atomic E-state index is 5.53. The van der Waals surface area contributed by atoms with E-state index in [1.54, 1.807) is 11.3 Å². The van der Waals surface area contributed by atoms with Crippen molar-refractivity contribution < 1.29 is 4.74 Å². The van der Waals surface area contributed by atoms with Gasteiger partial charge in [-0.2, -0.15) is 0 Å². The number of hydrogen-bond donors (Lipinski definition) is 1. The normalized spacial score (nSPS) is 27.0. The first-order valence-electron chi connectivity index (χ1n) is 11.7. The lowest BCUT2D eigenvalue weighted by Gasteiger charge is -2.27. The largest absolute Gasteiger partial charge is 0.381 e. The highest BCUT2D eigenvalue weighted by molar-refractivity contribution is 7.17. The number of anilines is 1. The van der Waals surface area contributed by atoms with Crippen LogP contribution in [0, 0.1) is 17.8 Å². The van der Waals surface area contributed by atoms with Crippen LogP contribution in [0.15, 0.2) is 41.8 Å². The molecule has 31 heavy (non-hydrogen) atoms. The number of nitrogens with one attached hydrogen (secondary N) is 1. The summed E-state index contributed by atoms with van der Waals surface area (Å²) in [5.74, 6) is 3.45. The Morgan fingerprint density at radius 1 is 1.00 bits per heavy atom. The van der Waals surface area contributed by atoms with Gasteiger partial charge in [-0.3, -0.25) is 0 Å². The molecular weight excluding hydrogens is 404 g/mol. The van der Waals surface area contributed by atoms with Gasteiger partial charge >= 0.3 is 0 Å². The van der Waals surface area contributed by atoms with Gasteiger partial charge in [-0.05, 0) is 54.9 Å². The quantitative estimate of drug-likeness (QED) is 0.618. The fraction of sp³-hybridized carbons (Fsp3) is 0.520. The smallest absolute Gasteiger partial charge is 0.157 e. The summed E-state index contributed by atoms with van der Waals surface area (Å²) in [7, 11) is 0. The molecule has 4 heterocycles. The Labute approximate surface area is 187 Å². The Bertz CT molecular complexity index is 1020. The van der Waals surface area contributed by atoms with Gasteiger partial charge in [0.2, 0.25) is 0 Å². The van der Waals surface area contributed by atoms with E-state index in [9.17, 15) is 0 Å². The average molecular weight is 435 g/mol.